The molecule has 0 saturated carbocycles. The summed E-state index contributed by atoms with van der Waals surface area (Å²) in [5.74, 6) is 0. The summed E-state index contributed by atoms with van der Waals surface area (Å²) in [5.41, 5.74) is 0. The Morgan fingerprint density at radius 2 is 2.44 bits per heavy atom. The molecule has 0 bridgehead atoms. The Labute approximate surface area is 55.7 Å². The number of nitrogens with zero attached hydrogens (tertiary/aromatic N) is 2. The van der Waals surface area contributed by atoms with Gasteiger partial charge in [-0.1, -0.05) is 6.92 Å². The second-order valence-electron chi connectivity index (χ2n) is 2.20. The molecule has 0 aliphatic rings. The van der Waals surface area contributed by atoms with Crippen LogP contribution in [0.25, 0.3) is 0 Å². The fourth-order valence-corrected chi connectivity index (χ4v) is 0.815. The standard InChI is InChI=1S/C7H12N2/c1-3-4-9-6-5-8(2)7-9/h5-6H,3-4H2,1-2H3. The Bertz CT molecular complexity index is 179. The first-order chi connectivity index (χ1) is 4.33. The highest BCUT2D eigenvalue weighted by Crippen LogP contribution is 1.85. The van der Waals surface area contributed by atoms with E-state index in [0.29, 0.717) is 0 Å². The fraction of sp³-hybridized carbons (Fsp3) is 0.571. The topological polar surface area (TPSA) is 8.81 Å². The van der Waals surface area contributed by atoms with Crippen molar-refractivity contribution in [1.82, 2.24) is 4.57 Å². The van der Waals surface area contributed by atoms with E-state index in [1.54, 1.807) is 0 Å². The van der Waals surface area contributed by atoms with Gasteiger partial charge in [-0.25, -0.2) is 0 Å². The minimum absolute atomic E-state index is 1.07. The quantitative estimate of drug-likeness (QED) is 0.401. The Hall–Kier alpha value is -0.790. The summed E-state index contributed by atoms with van der Waals surface area (Å²) < 4.78 is 3.98. The van der Waals surface area contributed by atoms with Crippen LogP contribution in [-0.2, 0) is 13.6 Å². The van der Waals surface area contributed by atoms with Gasteiger partial charge in [-0.15, -0.1) is 0 Å². The van der Waals surface area contributed by atoms with Crippen LogP contribution in [0.2, 0.25) is 0 Å². The van der Waals surface area contributed by atoms with Crippen molar-refractivity contribution in [1.29, 1.82) is 0 Å². The predicted molar refractivity (Wildman–Crippen MR) is 34.7 cm³/mol. The van der Waals surface area contributed by atoms with Crippen LogP contribution in [-0.4, -0.2) is 4.57 Å². The molecule has 0 N–H and O–H groups in total. The molecule has 0 atom stereocenters. The van der Waals surface area contributed by atoms with Crippen LogP contribution in [0, 0.1) is 6.33 Å². The Morgan fingerprint density at radius 1 is 1.67 bits per heavy atom. The van der Waals surface area contributed by atoms with Crippen LogP contribution < -0.4 is 4.57 Å². The lowest BCUT2D eigenvalue weighted by Crippen LogP contribution is -2.24. The molecule has 1 rings (SSSR count). The Kier molecular flexibility index (Phi) is 1.88. The number of imidazole rings is 1. The smallest absolute Gasteiger partial charge is 0.203 e. The van der Waals surface area contributed by atoms with E-state index >= 15 is 0 Å². The highest BCUT2D eigenvalue weighted by Gasteiger charge is 1.86. The summed E-state index contributed by atoms with van der Waals surface area (Å²) >= 11 is 0. The third-order valence-electron chi connectivity index (χ3n) is 1.22. The molecule has 0 aliphatic carbocycles. The van der Waals surface area contributed by atoms with Crippen molar-refractivity contribution in [2.24, 2.45) is 7.05 Å². The first kappa shape index (κ1) is 6.33. The zero-order valence-corrected chi connectivity index (χ0v) is 5.96. The summed E-state index contributed by atoms with van der Waals surface area (Å²) in [6.07, 6.45) is 8.31. The van der Waals surface area contributed by atoms with Crippen LogP contribution in [0.15, 0.2) is 12.4 Å². The van der Waals surface area contributed by atoms with Crippen molar-refractivity contribution in [2.75, 3.05) is 0 Å². The maximum absolute atomic E-state index is 3.11. The van der Waals surface area contributed by atoms with Crippen molar-refractivity contribution < 1.29 is 4.57 Å². The summed E-state index contributed by atoms with van der Waals surface area (Å²) in [6, 6.07) is 0. The fourth-order valence-electron chi connectivity index (χ4n) is 0.815. The molecule has 0 spiro atoms. The van der Waals surface area contributed by atoms with Gasteiger partial charge >= 0.3 is 0 Å². The van der Waals surface area contributed by atoms with E-state index in [1.807, 2.05) is 24.0 Å². The molecule has 2 heteroatoms. The molecule has 0 fully saturated rings. The van der Waals surface area contributed by atoms with Crippen molar-refractivity contribution in [2.45, 2.75) is 19.9 Å². The minimum atomic E-state index is 1.07. The predicted octanol–water partition coefficient (Wildman–Crippen LogP) is 0.523. The van der Waals surface area contributed by atoms with Crippen LogP contribution in [0.3, 0.4) is 0 Å². The van der Waals surface area contributed by atoms with Gasteiger partial charge in [0.15, 0.2) is 0 Å². The van der Waals surface area contributed by atoms with E-state index in [0.717, 1.165) is 6.54 Å². The van der Waals surface area contributed by atoms with E-state index in [-0.39, 0.29) is 0 Å². The lowest BCUT2D eigenvalue weighted by molar-refractivity contribution is -0.675. The summed E-state index contributed by atoms with van der Waals surface area (Å²) in [5, 5.41) is 0. The highest BCUT2D eigenvalue weighted by atomic mass is 15.1. The molecule has 1 heterocycles. The van der Waals surface area contributed by atoms with Gasteiger partial charge in [-0.05, 0) is 18.8 Å². The molecule has 50 valence electrons. The van der Waals surface area contributed by atoms with E-state index in [2.05, 4.69) is 17.8 Å². The normalized spacial score (nSPS) is 10.0. The second-order valence-corrected chi connectivity index (χ2v) is 2.20. The monoisotopic (exact) mass is 124 g/mol. The van der Waals surface area contributed by atoms with Gasteiger partial charge in [0.05, 0.1) is 13.6 Å². The van der Waals surface area contributed by atoms with E-state index in [1.165, 1.54) is 6.42 Å². The van der Waals surface area contributed by atoms with Crippen molar-refractivity contribution in [3.8, 4) is 0 Å². The van der Waals surface area contributed by atoms with E-state index in [4.69, 9.17) is 0 Å². The second kappa shape index (κ2) is 2.67. The maximum atomic E-state index is 3.11. The van der Waals surface area contributed by atoms with Gasteiger partial charge in [0.2, 0.25) is 6.33 Å². The maximum Gasteiger partial charge on any atom is 0.203 e. The largest absolute Gasteiger partial charge is 0.354 e. The third kappa shape index (κ3) is 1.56. The number of rotatable bonds is 2. The zero-order chi connectivity index (χ0) is 6.69. The number of aryl methyl sites for hydroxylation is 2. The van der Waals surface area contributed by atoms with E-state index < -0.39 is 0 Å². The van der Waals surface area contributed by atoms with Crippen molar-refractivity contribution in [3.05, 3.63) is 18.7 Å². The lowest BCUT2D eigenvalue weighted by Gasteiger charge is -1.93. The van der Waals surface area contributed by atoms with Crippen molar-refractivity contribution in [3.63, 3.8) is 0 Å². The van der Waals surface area contributed by atoms with Gasteiger partial charge in [0.1, 0.15) is 0 Å². The first-order valence-electron chi connectivity index (χ1n) is 3.27. The van der Waals surface area contributed by atoms with Crippen LogP contribution >= 0.6 is 0 Å². The Morgan fingerprint density at radius 3 is 2.89 bits per heavy atom. The van der Waals surface area contributed by atoms with Gasteiger partial charge in [0, 0.05) is 0 Å². The minimum Gasteiger partial charge on any atom is -0.354 e. The summed E-state index contributed by atoms with van der Waals surface area (Å²) in [7, 11) is 1.98. The van der Waals surface area contributed by atoms with Gasteiger partial charge in [-0.3, -0.25) is 0 Å². The molecule has 1 aromatic heterocycles. The van der Waals surface area contributed by atoms with Gasteiger partial charge < -0.3 is 9.13 Å². The lowest BCUT2D eigenvalue weighted by atomic mass is 10.5. The number of hydrogen-bond acceptors (Lipinski definition) is 0. The number of hydrogen-bond donors (Lipinski definition) is 0. The molecular weight excluding hydrogens is 112 g/mol. The van der Waals surface area contributed by atoms with Gasteiger partial charge in [0.25, 0.3) is 0 Å². The first-order valence-corrected chi connectivity index (χ1v) is 3.27. The number of aromatic nitrogens is 2. The molecule has 0 aromatic carbocycles. The van der Waals surface area contributed by atoms with Crippen molar-refractivity contribution >= 4 is 0 Å². The van der Waals surface area contributed by atoms with Gasteiger partial charge in [-0.2, -0.15) is 0 Å². The molecular formula is C7H12N2. The SMILES string of the molecule is CCCn1[c-][n+](C)cc1. The average molecular weight is 124 g/mol. The average Bonchev–Trinajstić information content (AvgIpc) is 2.17. The summed E-state index contributed by atoms with van der Waals surface area (Å²) in [4.78, 5) is 0. The third-order valence-corrected chi connectivity index (χ3v) is 1.22. The molecule has 0 unspecified atom stereocenters. The molecule has 0 amide bonds. The molecule has 1 aromatic rings. The Balaban J connectivity index is 2.61. The van der Waals surface area contributed by atoms with Crippen LogP contribution in [0.5, 0.6) is 0 Å². The zero-order valence-electron chi connectivity index (χ0n) is 5.96. The highest BCUT2D eigenvalue weighted by molar-refractivity contribution is 4.63. The van der Waals surface area contributed by atoms with Crippen LogP contribution in [0.4, 0.5) is 0 Å². The molecule has 0 aliphatic heterocycles. The summed E-state index contributed by atoms with van der Waals surface area (Å²) in [6.45, 7) is 3.23. The van der Waals surface area contributed by atoms with Crippen LogP contribution in [0.1, 0.15) is 13.3 Å². The molecule has 0 radical (unpaired) electrons. The molecule has 9 heavy (non-hydrogen) atoms. The molecule has 0 saturated heterocycles. The van der Waals surface area contributed by atoms with E-state index in [9.17, 15) is 0 Å². The molecule has 2 nitrogen and oxygen atoms in total.